The molecule has 2 bridgehead atoms. The number of allylic oxidation sites excluding steroid dienone is 1. The number of benzene rings is 2. The van der Waals surface area contributed by atoms with Crippen molar-refractivity contribution in [2.45, 2.75) is 113 Å². The average Bonchev–Trinajstić information content (AvgIpc) is 3.84. The van der Waals surface area contributed by atoms with Crippen LogP contribution in [0.2, 0.25) is 0 Å². The third-order valence-corrected chi connectivity index (χ3v) is 12.2. The Bertz CT molecular complexity index is 1630. The molecule has 2 aromatic rings. The number of ether oxygens (including phenoxy) is 2. The molecule has 1 spiro atoms. The topological polar surface area (TPSA) is 117 Å². The van der Waals surface area contributed by atoms with Gasteiger partial charge in [-0.2, -0.15) is 0 Å². The number of amides is 3. The van der Waals surface area contributed by atoms with E-state index < -0.39 is 53.7 Å². The summed E-state index contributed by atoms with van der Waals surface area (Å²) in [6.45, 7) is 9.50. The van der Waals surface area contributed by atoms with Crippen LogP contribution in [-0.2, 0) is 35.1 Å². The van der Waals surface area contributed by atoms with Crippen molar-refractivity contribution in [1.29, 1.82) is 0 Å². The highest BCUT2D eigenvalue weighted by atomic mass is 16.6. The number of likely N-dealkylation sites (tertiary alicyclic amines) is 1. The van der Waals surface area contributed by atoms with E-state index in [1.165, 1.54) is 0 Å². The quantitative estimate of drug-likeness (QED) is 0.182. The number of carbonyl (C=O) groups is 4. The van der Waals surface area contributed by atoms with E-state index in [2.05, 4.69) is 13.2 Å². The molecule has 4 fully saturated rings. The molecular formula is C43H55N3O7. The average molecular weight is 726 g/mol. The number of hydrogen-bond acceptors (Lipinski definition) is 7. The Morgan fingerprint density at radius 3 is 2.34 bits per heavy atom. The Balaban J connectivity index is 1.36. The zero-order valence-electron chi connectivity index (χ0n) is 31.2. The number of carbonyl (C=O) groups excluding carboxylic acids is 4. The van der Waals surface area contributed by atoms with Crippen molar-refractivity contribution < 1.29 is 33.8 Å². The third-order valence-electron chi connectivity index (χ3n) is 12.2. The smallest absolute Gasteiger partial charge is 0.313 e. The van der Waals surface area contributed by atoms with E-state index in [-0.39, 0.29) is 36.8 Å². The Hall–Kier alpha value is -4.28. The van der Waals surface area contributed by atoms with Crippen molar-refractivity contribution in [2.75, 3.05) is 20.2 Å². The van der Waals surface area contributed by atoms with Crippen molar-refractivity contribution in [3.8, 4) is 0 Å². The van der Waals surface area contributed by atoms with Gasteiger partial charge in [-0.15, -0.1) is 13.2 Å². The van der Waals surface area contributed by atoms with Gasteiger partial charge in [0.25, 0.3) is 0 Å². The minimum absolute atomic E-state index is 0.00187. The molecule has 0 aromatic heterocycles. The second-order valence-corrected chi connectivity index (χ2v) is 15.2. The van der Waals surface area contributed by atoms with Gasteiger partial charge in [0, 0.05) is 26.1 Å². The summed E-state index contributed by atoms with van der Waals surface area (Å²) in [5.74, 6) is -3.21. The van der Waals surface area contributed by atoms with Gasteiger partial charge in [0.2, 0.25) is 17.7 Å². The zero-order valence-corrected chi connectivity index (χ0v) is 31.2. The highest BCUT2D eigenvalue weighted by Crippen LogP contribution is 2.59. The normalized spacial score (nSPS) is 26.7. The Kier molecular flexibility index (Phi) is 12.2. The molecule has 1 saturated carbocycles. The Labute approximate surface area is 313 Å². The minimum atomic E-state index is -1.26. The molecule has 3 saturated heterocycles. The number of fused-ring (bicyclic) bond motifs is 1. The predicted octanol–water partition coefficient (Wildman–Crippen LogP) is 5.41. The SMILES string of the molecule is C=CCCC(=O)N(C)[C@@H](C)[C@@H](OC(=O)[C@@H]1[C@H]2C(=O)N([C@@H](CO)Cc3ccccc3)[C@H](C(=O)N(CC=C)C3CCCCC3)[C@]23CC[C@H]1O3)c1ccccc1. The van der Waals surface area contributed by atoms with Crippen molar-refractivity contribution in [3.05, 3.63) is 97.1 Å². The van der Waals surface area contributed by atoms with E-state index in [9.17, 15) is 14.7 Å². The summed E-state index contributed by atoms with van der Waals surface area (Å²) < 4.78 is 13.2. The van der Waals surface area contributed by atoms with Gasteiger partial charge in [0.1, 0.15) is 17.7 Å². The maximum absolute atomic E-state index is 15.1. The maximum atomic E-state index is 15.1. The van der Waals surface area contributed by atoms with Gasteiger partial charge in [0.15, 0.2) is 0 Å². The monoisotopic (exact) mass is 725 g/mol. The lowest BCUT2D eigenvalue weighted by Gasteiger charge is -2.42. The van der Waals surface area contributed by atoms with Crippen molar-refractivity contribution in [1.82, 2.24) is 14.7 Å². The molecule has 10 heteroatoms. The zero-order chi connectivity index (χ0) is 37.7. The molecule has 8 atom stereocenters. The first-order chi connectivity index (χ1) is 25.7. The van der Waals surface area contributed by atoms with E-state index in [4.69, 9.17) is 9.47 Å². The van der Waals surface area contributed by atoms with Crippen LogP contribution in [-0.4, -0.2) is 99.6 Å². The molecule has 53 heavy (non-hydrogen) atoms. The summed E-state index contributed by atoms with van der Waals surface area (Å²) in [7, 11) is 1.70. The fourth-order valence-corrected chi connectivity index (χ4v) is 9.40. The molecule has 3 amide bonds. The van der Waals surface area contributed by atoms with Crippen LogP contribution in [0.15, 0.2) is 86.0 Å². The summed E-state index contributed by atoms with van der Waals surface area (Å²) in [6.07, 6.45) is 8.93. The van der Waals surface area contributed by atoms with Gasteiger partial charge in [-0.05, 0) is 56.6 Å². The van der Waals surface area contributed by atoms with Gasteiger partial charge in [0.05, 0.1) is 36.6 Å². The van der Waals surface area contributed by atoms with E-state index in [0.29, 0.717) is 32.2 Å². The lowest BCUT2D eigenvalue weighted by atomic mass is 9.70. The first-order valence-corrected chi connectivity index (χ1v) is 19.3. The molecule has 3 aliphatic heterocycles. The molecule has 10 nitrogen and oxygen atoms in total. The Morgan fingerprint density at radius 2 is 1.70 bits per heavy atom. The van der Waals surface area contributed by atoms with Crippen LogP contribution in [0.3, 0.4) is 0 Å². The van der Waals surface area contributed by atoms with Crippen LogP contribution in [0.4, 0.5) is 0 Å². The van der Waals surface area contributed by atoms with E-state index >= 15 is 9.59 Å². The van der Waals surface area contributed by atoms with Crippen molar-refractivity contribution in [2.24, 2.45) is 11.8 Å². The number of rotatable bonds is 16. The first-order valence-electron chi connectivity index (χ1n) is 19.3. The second kappa shape index (κ2) is 16.8. The molecule has 3 heterocycles. The number of nitrogens with zero attached hydrogens (tertiary/aromatic N) is 3. The second-order valence-electron chi connectivity index (χ2n) is 15.2. The molecule has 284 valence electrons. The summed E-state index contributed by atoms with van der Waals surface area (Å²) in [6, 6.07) is 16.7. The third kappa shape index (κ3) is 7.45. The van der Waals surface area contributed by atoms with Crippen LogP contribution < -0.4 is 0 Å². The number of hydrogen-bond donors (Lipinski definition) is 1. The van der Waals surface area contributed by atoms with E-state index in [0.717, 1.165) is 43.2 Å². The lowest BCUT2D eigenvalue weighted by Crippen LogP contribution is -2.60. The molecule has 1 N–H and O–H groups in total. The molecule has 1 aliphatic carbocycles. The number of aliphatic hydroxyl groups is 1. The molecule has 6 rings (SSSR count). The van der Waals surface area contributed by atoms with Gasteiger partial charge in [-0.1, -0.05) is 92.1 Å². The molecule has 0 radical (unpaired) electrons. The van der Waals surface area contributed by atoms with Crippen LogP contribution in [0.1, 0.15) is 81.9 Å². The number of aliphatic hydroxyl groups excluding tert-OH is 1. The van der Waals surface area contributed by atoms with Crippen LogP contribution in [0.25, 0.3) is 0 Å². The molecule has 4 aliphatic rings. The number of likely N-dealkylation sites (N-methyl/N-ethyl adjacent to an activating group) is 1. The Morgan fingerprint density at radius 1 is 1.02 bits per heavy atom. The van der Waals surface area contributed by atoms with Crippen LogP contribution in [0.5, 0.6) is 0 Å². The molecule has 0 unspecified atom stereocenters. The highest BCUT2D eigenvalue weighted by molar-refractivity contribution is 5.98. The largest absolute Gasteiger partial charge is 0.455 e. The van der Waals surface area contributed by atoms with Crippen molar-refractivity contribution >= 4 is 23.7 Å². The van der Waals surface area contributed by atoms with Crippen LogP contribution >= 0.6 is 0 Å². The first kappa shape index (κ1) is 38.4. The highest BCUT2D eigenvalue weighted by Gasteiger charge is 2.76. The standard InChI is InChI=1S/C43H55N3O7/c1-5-7-23-35(48)44(4)29(3)38(31-19-13-9-14-20-31)52-42(51)36-34-24-25-43(53-34)37(36)40(49)46(33(28-47)27-30-17-11-8-12-18-30)39(43)41(50)45(26-6-2)32-21-15-10-16-22-32/h5-6,8-9,11-14,17-20,29,32-34,36-39,47H,1-2,7,10,15-16,21-28H2,3-4H3/t29-,33+,34+,36-,37-,38+,39+,43-/m0/s1. The summed E-state index contributed by atoms with van der Waals surface area (Å²) in [4.78, 5) is 62.8. The lowest BCUT2D eigenvalue weighted by molar-refractivity contribution is -0.165. The molecule has 2 aromatic carbocycles. The summed E-state index contributed by atoms with van der Waals surface area (Å²) >= 11 is 0. The minimum Gasteiger partial charge on any atom is -0.455 e. The van der Waals surface area contributed by atoms with E-state index in [1.807, 2.05) is 72.5 Å². The van der Waals surface area contributed by atoms with Gasteiger partial charge < -0.3 is 29.3 Å². The summed E-state index contributed by atoms with van der Waals surface area (Å²) in [5.41, 5.74) is 0.383. The van der Waals surface area contributed by atoms with Crippen LogP contribution in [0, 0.1) is 11.8 Å². The van der Waals surface area contributed by atoms with Gasteiger partial charge >= 0.3 is 5.97 Å². The molecular weight excluding hydrogens is 670 g/mol. The summed E-state index contributed by atoms with van der Waals surface area (Å²) in [5, 5.41) is 10.9. The maximum Gasteiger partial charge on any atom is 0.313 e. The fraction of sp³-hybridized carbons (Fsp3) is 0.535. The van der Waals surface area contributed by atoms with Crippen molar-refractivity contribution in [3.63, 3.8) is 0 Å². The van der Waals surface area contributed by atoms with Gasteiger partial charge in [-0.25, -0.2) is 0 Å². The number of esters is 1. The fourth-order valence-electron chi connectivity index (χ4n) is 9.40. The van der Waals surface area contributed by atoms with Gasteiger partial charge in [-0.3, -0.25) is 19.2 Å². The van der Waals surface area contributed by atoms with E-state index in [1.54, 1.807) is 29.0 Å². The predicted molar refractivity (Wildman–Crippen MR) is 201 cm³/mol.